The number of anilines is 3. The molecule has 0 N–H and O–H groups in total. The Hall–Kier alpha value is -2.43. The zero-order valence-corrected chi connectivity index (χ0v) is 19.9. The van der Waals surface area contributed by atoms with Crippen LogP contribution in [-0.2, 0) is 5.41 Å². The van der Waals surface area contributed by atoms with Gasteiger partial charge in [-0.25, -0.2) is 0 Å². The normalized spacial score (nSPS) is 14.2. The van der Waals surface area contributed by atoms with Crippen LogP contribution in [0.25, 0.3) is 11.3 Å². The first-order valence-electron chi connectivity index (χ1n) is 9.87. The van der Waals surface area contributed by atoms with E-state index in [1.54, 1.807) is 0 Å². The highest BCUT2D eigenvalue weighted by molar-refractivity contribution is 9.10. The number of halogens is 2. The van der Waals surface area contributed by atoms with E-state index in [9.17, 15) is 0 Å². The summed E-state index contributed by atoms with van der Waals surface area (Å²) in [6.45, 7) is 4.58. The number of rotatable bonds is 2. The van der Waals surface area contributed by atoms with E-state index < -0.39 is 0 Å². The molecule has 2 nitrogen and oxygen atoms in total. The lowest BCUT2D eigenvalue weighted by atomic mass is 9.73. The largest absolute Gasteiger partial charge is 0.308 e. The fourth-order valence-corrected chi connectivity index (χ4v) is 4.98. The van der Waals surface area contributed by atoms with Crippen molar-refractivity contribution in [2.24, 2.45) is 0 Å². The first-order chi connectivity index (χ1) is 14.4. The summed E-state index contributed by atoms with van der Waals surface area (Å²) in [7, 11) is 0. The Kier molecular flexibility index (Phi) is 4.79. The van der Waals surface area contributed by atoms with Gasteiger partial charge in [0.05, 0.1) is 29.0 Å². The lowest BCUT2D eigenvalue weighted by Gasteiger charge is -2.42. The molecule has 0 radical (unpaired) electrons. The third-order valence-electron chi connectivity index (χ3n) is 5.82. The van der Waals surface area contributed by atoms with Crippen LogP contribution in [0, 0.1) is 0 Å². The van der Waals surface area contributed by atoms with Gasteiger partial charge in [-0.05, 0) is 59.7 Å². The summed E-state index contributed by atoms with van der Waals surface area (Å²) in [5.41, 5.74) is 7.98. The zero-order chi connectivity index (χ0) is 20.9. The van der Waals surface area contributed by atoms with Gasteiger partial charge in [-0.1, -0.05) is 76.0 Å². The van der Waals surface area contributed by atoms with Crippen LogP contribution >= 0.6 is 31.9 Å². The molecule has 4 aromatic rings. The minimum atomic E-state index is -0.119. The lowest BCUT2D eigenvalue weighted by Crippen LogP contribution is -2.30. The highest BCUT2D eigenvalue weighted by Crippen LogP contribution is 2.52. The smallest absolute Gasteiger partial charge is 0.0703 e. The highest BCUT2D eigenvalue weighted by atomic mass is 79.9. The SMILES string of the molecule is CC1(C)c2cc(Br)ccc2N(c2ccc(-c3ccccc3)nc2)c2ccc(Br)cc21. The van der Waals surface area contributed by atoms with Crippen LogP contribution in [0.5, 0.6) is 0 Å². The third kappa shape index (κ3) is 3.19. The molecule has 0 unspecified atom stereocenters. The predicted molar refractivity (Wildman–Crippen MR) is 132 cm³/mol. The number of aromatic nitrogens is 1. The van der Waals surface area contributed by atoms with Gasteiger partial charge in [0.15, 0.2) is 0 Å². The third-order valence-corrected chi connectivity index (χ3v) is 6.81. The van der Waals surface area contributed by atoms with Gasteiger partial charge in [-0.2, -0.15) is 0 Å². The molecule has 1 aromatic heterocycles. The van der Waals surface area contributed by atoms with Crippen LogP contribution in [0.2, 0.25) is 0 Å². The van der Waals surface area contributed by atoms with Gasteiger partial charge >= 0.3 is 0 Å². The maximum atomic E-state index is 4.78. The number of fused-ring (bicyclic) bond motifs is 2. The van der Waals surface area contributed by atoms with Crippen LogP contribution < -0.4 is 4.90 Å². The monoisotopic (exact) mass is 518 g/mol. The molecular formula is C26H20Br2N2. The summed E-state index contributed by atoms with van der Waals surface area (Å²) in [4.78, 5) is 7.10. The molecule has 0 fully saturated rings. The molecule has 1 aliphatic heterocycles. The van der Waals surface area contributed by atoms with E-state index in [0.717, 1.165) is 25.9 Å². The standard InChI is InChI=1S/C26H20Br2N2/c1-26(2)21-14-18(27)8-12-24(21)30(25-13-9-19(28)15-22(25)26)20-10-11-23(29-16-20)17-6-4-3-5-7-17/h3-16H,1-2H3. The summed E-state index contributed by atoms with van der Waals surface area (Å²) in [5, 5.41) is 0. The summed E-state index contributed by atoms with van der Waals surface area (Å²) in [6.07, 6.45) is 1.97. The Bertz CT molecular complexity index is 1180. The first-order valence-corrected chi connectivity index (χ1v) is 11.5. The van der Waals surface area contributed by atoms with Gasteiger partial charge in [0.25, 0.3) is 0 Å². The summed E-state index contributed by atoms with van der Waals surface area (Å²) in [5.74, 6) is 0. The van der Waals surface area contributed by atoms with Gasteiger partial charge in [-0.15, -0.1) is 0 Å². The molecule has 2 heterocycles. The number of benzene rings is 3. The van der Waals surface area contributed by atoms with Gasteiger partial charge in [0.1, 0.15) is 0 Å². The summed E-state index contributed by atoms with van der Waals surface area (Å²) in [6, 6.07) is 27.6. The van der Waals surface area contributed by atoms with Crippen LogP contribution in [0.15, 0.2) is 94.0 Å². The van der Waals surface area contributed by atoms with Gasteiger partial charge in [0.2, 0.25) is 0 Å². The predicted octanol–water partition coefficient (Wildman–Crippen LogP) is 8.38. The van der Waals surface area contributed by atoms with Crippen molar-refractivity contribution in [2.75, 3.05) is 4.90 Å². The van der Waals surface area contributed by atoms with Gasteiger partial charge < -0.3 is 4.90 Å². The van der Waals surface area contributed by atoms with Crippen LogP contribution in [0.1, 0.15) is 25.0 Å². The Labute approximate surface area is 193 Å². The van der Waals surface area contributed by atoms with Crippen LogP contribution in [0.3, 0.4) is 0 Å². The second kappa shape index (κ2) is 7.36. The minimum absolute atomic E-state index is 0.119. The number of pyridine rings is 1. The minimum Gasteiger partial charge on any atom is -0.308 e. The second-order valence-electron chi connectivity index (χ2n) is 8.05. The van der Waals surface area contributed by atoms with Gasteiger partial charge in [-0.3, -0.25) is 4.98 Å². The van der Waals surface area contributed by atoms with E-state index >= 15 is 0 Å². The van der Waals surface area contributed by atoms with Crippen molar-refractivity contribution < 1.29 is 0 Å². The maximum Gasteiger partial charge on any atom is 0.0703 e. The Morgan fingerprint density at radius 3 is 1.87 bits per heavy atom. The van der Waals surface area contributed by atoms with Crippen LogP contribution in [-0.4, -0.2) is 4.98 Å². The van der Waals surface area contributed by atoms with E-state index in [1.165, 1.54) is 22.5 Å². The summed E-state index contributed by atoms with van der Waals surface area (Å²) < 4.78 is 2.18. The fourth-order valence-electron chi connectivity index (χ4n) is 4.26. The van der Waals surface area contributed by atoms with E-state index in [4.69, 9.17) is 4.98 Å². The molecule has 0 saturated heterocycles. The van der Waals surface area contributed by atoms with Gasteiger partial charge in [0, 0.05) is 19.9 Å². The molecule has 5 rings (SSSR count). The van der Waals surface area contributed by atoms with Crippen molar-refractivity contribution in [1.82, 2.24) is 4.98 Å². The average molecular weight is 520 g/mol. The molecule has 4 heteroatoms. The fraction of sp³-hybridized carbons (Fsp3) is 0.115. The van der Waals surface area contributed by atoms with Crippen molar-refractivity contribution in [3.05, 3.63) is 105 Å². The summed E-state index contributed by atoms with van der Waals surface area (Å²) >= 11 is 7.34. The van der Waals surface area contributed by atoms with E-state index in [1.807, 2.05) is 24.4 Å². The van der Waals surface area contributed by atoms with Crippen molar-refractivity contribution >= 4 is 48.9 Å². The number of nitrogens with zero attached hydrogens (tertiary/aromatic N) is 2. The number of hydrogen-bond acceptors (Lipinski definition) is 2. The van der Waals surface area contributed by atoms with E-state index in [-0.39, 0.29) is 5.41 Å². The van der Waals surface area contributed by atoms with E-state index in [0.29, 0.717) is 0 Å². The molecule has 0 aliphatic carbocycles. The number of hydrogen-bond donors (Lipinski definition) is 0. The topological polar surface area (TPSA) is 16.1 Å². The lowest BCUT2D eigenvalue weighted by molar-refractivity contribution is 0.631. The molecular weight excluding hydrogens is 500 g/mol. The molecule has 3 aromatic carbocycles. The Morgan fingerprint density at radius 2 is 1.33 bits per heavy atom. The van der Waals surface area contributed by atoms with Crippen molar-refractivity contribution in [3.63, 3.8) is 0 Å². The molecule has 0 atom stereocenters. The van der Waals surface area contributed by atoms with E-state index in [2.05, 4.69) is 111 Å². The van der Waals surface area contributed by atoms with Crippen LogP contribution in [0.4, 0.5) is 17.1 Å². The zero-order valence-electron chi connectivity index (χ0n) is 16.7. The Balaban J connectivity index is 1.69. The molecule has 0 bridgehead atoms. The average Bonchev–Trinajstić information content (AvgIpc) is 2.76. The molecule has 0 spiro atoms. The first kappa shape index (κ1) is 19.5. The van der Waals surface area contributed by atoms with Crippen molar-refractivity contribution in [3.8, 4) is 11.3 Å². The quantitative estimate of drug-likeness (QED) is 0.264. The molecule has 0 amide bonds. The molecule has 1 aliphatic rings. The highest BCUT2D eigenvalue weighted by Gasteiger charge is 2.37. The second-order valence-corrected chi connectivity index (χ2v) is 9.88. The van der Waals surface area contributed by atoms with Crippen molar-refractivity contribution in [1.29, 1.82) is 0 Å². The Morgan fingerprint density at radius 1 is 0.733 bits per heavy atom. The molecule has 30 heavy (non-hydrogen) atoms. The maximum absolute atomic E-state index is 4.78. The molecule has 148 valence electrons. The molecule has 0 saturated carbocycles. The van der Waals surface area contributed by atoms with Crippen molar-refractivity contribution in [2.45, 2.75) is 19.3 Å².